The lowest BCUT2D eigenvalue weighted by Gasteiger charge is -2.18. The monoisotopic (exact) mass is 197 g/mol. The number of nitrogens with two attached hydrogens (primary N) is 1. The molecule has 0 atom stereocenters. The predicted molar refractivity (Wildman–Crippen MR) is 57.3 cm³/mol. The van der Waals surface area contributed by atoms with Crippen LogP contribution in [-0.4, -0.2) is 13.6 Å². The van der Waals surface area contributed by atoms with Gasteiger partial charge < -0.3 is 10.3 Å². The highest BCUT2D eigenvalue weighted by molar-refractivity contribution is 5.74. The van der Waals surface area contributed by atoms with Crippen molar-refractivity contribution in [1.82, 2.24) is 0 Å². The number of anilines is 2. The van der Waals surface area contributed by atoms with Gasteiger partial charge in [-0.1, -0.05) is 13.3 Å². The zero-order valence-electron chi connectivity index (χ0n) is 8.46. The predicted octanol–water partition coefficient (Wildman–Crippen LogP) is -0.195. The first-order valence-electron chi connectivity index (χ1n) is 4.65. The van der Waals surface area contributed by atoms with Crippen LogP contribution in [0.4, 0.5) is 11.4 Å². The van der Waals surface area contributed by atoms with E-state index in [0.717, 1.165) is 12.8 Å². The first-order valence-corrected chi connectivity index (χ1v) is 4.65. The molecule has 0 unspecified atom stereocenters. The van der Waals surface area contributed by atoms with Gasteiger partial charge in [0.1, 0.15) is 11.4 Å². The first-order chi connectivity index (χ1) is 6.59. The Labute approximate surface area is 82.2 Å². The molecule has 0 saturated heterocycles. The molecule has 0 spiro atoms. The van der Waals surface area contributed by atoms with Crippen LogP contribution in [0.1, 0.15) is 19.8 Å². The molecule has 0 aromatic heterocycles. The van der Waals surface area contributed by atoms with Gasteiger partial charge in [-0.25, -0.2) is 5.84 Å². The van der Waals surface area contributed by atoms with Crippen molar-refractivity contribution in [2.45, 2.75) is 19.8 Å². The summed E-state index contributed by atoms with van der Waals surface area (Å²) < 4.78 is 0. The molecule has 0 radical (unpaired) electrons. The van der Waals surface area contributed by atoms with Crippen LogP contribution in [0.5, 0.6) is 0 Å². The average molecular weight is 197 g/mol. The van der Waals surface area contributed by atoms with Gasteiger partial charge in [0.05, 0.1) is 0 Å². The summed E-state index contributed by atoms with van der Waals surface area (Å²) in [5.74, 6) is 5.41. The van der Waals surface area contributed by atoms with E-state index in [0.29, 0.717) is 12.2 Å². The molecule has 0 aliphatic rings. The number of nitrogens with zero attached hydrogens (tertiary/aromatic N) is 1. The van der Waals surface area contributed by atoms with Crippen molar-refractivity contribution in [3.63, 3.8) is 0 Å². The summed E-state index contributed by atoms with van der Waals surface area (Å²) in [5, 5.41) is 4.10. The Morgan fingerprint density at radius 1 is 1.36 bits per heavy atom. The second-order valence-corrected chi connectivity index (χ2v) is 3.27. The number of nitrogens with one attached hydrogen (secondary N) is 1. The zero-order valence-corrected chi connectivity index (χ0v) is 8.46. The third-order valence-electron chi connectivity index (χ3n) is 2.07. The molecule has 78 valence electrons. The van der Waals surface area contributed by atoms with E-state index in [9.17, 15) is 9.59 Å². The van der Waals surface area contributed by atoms with Crippen LogP contribution in [-0.2, 0) is 0 Å². The lowest BCUT2D eigenvalue weighted by Crippen LogP contribution is -2.43. The number of hydrogen-bond donors (Lipinski definition) is 2. The van der Waals surface area contributed by atoms with Gasteiger partial charge in [-0.2, -0.15) is 0 Å². The van der Waals surface area contributed by atoms with E-state index in [4.69, 9.17) is 5.84 Å². The van der Waals surface area contributed by atoms with E-state index in [1.165, 1.54) is 5.01 Å². The van der Waals surface area contributed by atoms with Gasteiger partial charge in [-0.15, -0.1) is 0 Å². The topological polar surface area (TPSA) is 75.4 Å². The van der Waals surface area contributed by atoms with Crippen molar-refractivity contribution >= 4 is 11.4 Å². The van der Waals surface area contributed by atoms with Crippen molar-refractivity contribution in [2.24, 2.45) is 5.84 Å². The molecule has 0 saturated carbocycles. The fourth-order valence-corrected chi connectivity index (χ4v) is 1.27. The molecule has 5 nitrogen and oxygen atoms in total. The van der Waals surface area contributed by atoms with Gasteiger partial charge >= 0.3 is 0 Å². The second-order valence-electron chi connectivity index (χ2n) is 3.27. The highest BCUT2D eigenvalue weighted by Gasteiger charge is 2.21. The first kappa shape index (κ1) is 10.7. The molecular formula is C9H15N3O2. The molecule has 0 bridgehead atoms. The van der Waals surface area contributed by atoms with E-state index in [1.807, 2.05) is 0 Å². The largest absolute Gasteiger partial charge is 0.380 e. The van der Waals surface area contributed by atoms with Gasteiger partial charge in [-0.05, 0) is 6.42 Å². The van der Waals surface area contributed by atoms with Crippen molar-refractivity contribution < 1.29 is 0 Å². The summed E-state index contributed by atoms with van der Waals surface area (Å²) >= 11 is 0. The minimum atomic E-state index is -0.506. The smallest absolute Gasteiger partial charge is 0.254 e. The maximum Gasteiger partial charge on any atom is 0.254 e. The number of rotatable bonds is 5. The Morgan fingerprint density at radius 2 is 2.00 bits per heavy atom. The molecule has 0 fully saturated rings. The minimum absolute atomic E-state index is 0.283. The van der Waals surface area contributed by atoms with Crippen molar-refractivity contribution in [2.75, 3.05) is 23.9 Å². The van der Waals surface area contributed by atoms with Crippen LogP contribution in [0.2, 0.25) is 0 Å². The van der Waals surface area contributed by atoms with Crippen molar-refractivity contribution in [1.29, 1.82) is 0 Å². The highest BCUT2D eigenvalue weighted by atomic mass is 16.2. The van der Waals surface area contributed by atoms with Crippen molar-refractivity contribution in [3.05, 3.63) is 20.4 Å². The second kappa shape index (κ2) is 4.23. The number of hydrazine groups is 1. The SMILES string of the molecule is CCCCNc1c(N(C)N)c(=O)c1=O. The molecule has 1 aromatic rings. The third-order valence-corrected chi connectivity index (χ3v) is 2.07. The van der Waals surface area contributed by atoms with Gasteiger partial charge in [0.2, 0.25) is 0 Å². The number of hydrogen-bond acceptors (Lipinski definition) is 5. The van der Waals surface area contributed by atoms with Crippen molar-refractivity contribution in [3.8, 4) is 0 Å². The summed E-state index contributed by atoms with van der Waals surface area (Å²) in [6, 6.07) is 0. The maximum atomic E-state index is 11.1. The third kappa shape index (κ3) is 1.77. The molecular weight excluding hydrogens is 182 g/mol. The molecule has 1 aromatic carbocycles. The highest BCUT2D eigenvalue weighted by Crippen LogP contribution is 2.15. The zero-order chi connectivity index (χ0) is 10.7. The van der Waals surface area contributed by atoms with Gasteiger partial charge in [-0.3, -0.25) is 9.59 Å². The lowest BCUT2D eigenvalue weighted by molar-refractivity contribution is 0.831. The summed E-state index contributed by atoms with van der Waals surface area (Å²) in [6.07, 6.45) is 2.00. The van der Waals surface area contributed by atoms with E-state index in [2.05, 4.69) is 12.2 Å². The van der Waals surface area contributed by atoms with Crippen LogP contribution in [0.3, 0.4) is 0 Å². The minimum Gasteiger partial charge on any atom is -0.380 e. The molecule has 0 aliphatic carbocycles. The fraction of sp³-hybridized carbons (Fsp3) is 0.556. The standard InChI is InChI=1S/C9H15N3O2/c1-3-4-5-11-6-7(12(2)10)9(14)8(6)13/h11H,3-5,10H2,1-2H3. The maximum absolute atomic E-state index is 11.1. The Morgan fingerprint density at radius 3 is 2.50 bits per heavy atom. The Hall–Kier alpha value is -1.36. The van der Waals surface area contributed by atoms with Crippen LogP contribution < -0.4 is 27.0 Å². The van der Waals surface area contributed by atoms with E-state index in [-0.39, 0.29) is 5.69 Å². The van der Waals surface area contributed by atoms with Crippen LogP contribution >= 0.6 is 0 Å². The van der Waals surface area contributed by atoms with E-state index in [1.54, 1.807) is 7.05 Å². The molecule has 0 aliphatic heterocycles. The van der Waals surface area contributed by atoms with Crippen LogP contribution in [0.25, 0.3) is 0 Å². The summed E-state index contributed by atoms with van der Waals surface area (Å²) in [7, 11) is 1.54. The van der Waals surface area contributed by atoms with Crippen LogP contribution in [0, 0.1) is 0 Å². The number of unbranched alkanes of at least 4 members (excludes halogenated alkanes) is 1. The molecule has 3 N–H and O–H groups in total. The fourth-order valence-electron chi connectivity index (χ4n) is 1.27. The summed E-state index contributed by atoms with van der Waals surface area (Å²) in [4.78, 5) is 22.2. The molecule has 5 heteroatoms. The van der Waals surface area contributed by atoms with Gasteiger partial charge in [0.25, 0.3) is 10.9 Å². The molecule has 0 heterocycles. The van der Waals surface area contributed by atoms with E-state index >= 15 is 0 Å². The Balaban J connectivity index is 2.73. The van der Waals surface area contributed by atoms with Gasteiger partial charge in [0.15, 0.2) is 0 Å². The normalized spacial score (nSPS) is 10.5. The van der Waals surface area contributed by atoms with E-state index < -0.39 is 10.9 Å². The Bertz CT molecular complexity index is 377. The molecule has 1 rings (SSSR count). The Kier molecular flexibility index (Phi) is 3.24. The van der Waals surface area contributed by atoms with Crippen LogP contribution in [0.15, 0.2) is 9.59 Å². The molecule has 0 amide bonds. The van der Waals surface area contributed by atoms with Gasteiger partial charge in [0, 0.05) is 13.6 Å². The molecule has 14 heavy (non-hydrogen) atoms. The lowest BCUT2D eigenvalue weighted by atomic mass is 10.2. The quantitative estimate of drug-likeness (QED) is 0.296. The summed E-state index contributed by atoms with van der Waals surface area (Å²) in [5.41, 5.74) is -0.332. The summed E-state index contributed by atoms with van der Waals surface area (Å²) in [6.45, 7) is 2.75. The average Bonchev–Trinajstić information content (AvgIpc) is 2.15.